The Balaban J connectivity index is 1.85. The predicted octanol–water partition coefficient (Wildman–Crippen LogP) is -0.616. The summed E-state index contributed by atoms with van der Waals surface area (Å²) in [5.74, 6) is -8.40. The minimum atomic E-state index is -2.19. The fraction of sp³-hybridized carbons (Fsp3) is 0.389. The van der Waals surface area contributed by atoms with Gasteiger partial charge in [0.2, 0.25) is 5.91 Å². The summed E-state index contributed by atoms with van der Waals surface area (Å²) in [6.45, 7) is -0.601. The average molecular weight is 438 g/mol. The minimum Gasteiger partial charge on any atom is -0.480 e. The van der Waals surface area contributed by atoms with Crippen LogP contribution in [0.4, 0.5) is 0 Å². The first kappa shape index (κ1) is 21.6. The molecule has 30 heavy (non-hydrogen) atoms. The second-order valence-electron chi connectivity index (χ2n) is 6.90. The number of fused-ring (bicyclic) bond motifs is 1. The van der Waals surface area contributed by atoms with Crippen molar-refractivity contribution in [2.45, 2.75) is 17.0 Å². The van der Waals surface area contributed by atoms with E-state index < -0.39 is 58.7 Å². The molecule has 0 saturated carbocycles. The smallest absolute Gasteiger partial charge is 0.323 e. The molecule has 2 unspecified atom stereocenters. The summed E-state index contributed by atoms with van der Waals surface area (Å²) in [7, 11) is 1.14. The lowest BCUT2D eigenvalue weighted by atomic mass is 9.86. The van der Waals surface area contributed by atoms with Gasteiger partial charge in [0.1, 0.15) is 5.37 Å². The SMILES string of the molecule is COC1(NC(=O)C(C(=O)O)c2ccccc2)C(=O)N2CC(C(=O)O)(C(=O)O)CS[C@@H]21. The van der Waals surface area contributed by atoms with Crippen LogP contribution in [0.3, 0.4) is 0 Å². The summed E-state index contributed by atoms with van der Waals surface area (Å²) >= 11 is 0.826. The maximum atomic E-state index is 12.8. The Bertz CT molecular complexity index is 907. The number of nitrogens with zero attached hydrogens (tertiary/aromatic N) is 1. The topological polar surface area (TPSA) is 171 Å². The van der Waals surface area contributed by atoms with Crippen molar-refractivity contribution >= 4 is 41.5 Å². The van der Waals surface area contributed by atoms with Crippen LogP contribution >= 0.6 is 11.8 Å². The molecular weight excluding hydrogens is 420 g/mol. The maximum Gasteiger partial charge on any atom is 0.323 e. The van der Waals surface area contributed by atoms with E-state index in [1.54, 1.807) is 18.2 Å². The number of carbonyl (C=O) groups is 5. The highest BCUT2D eigenvalue weighted by Crippen LogP contribution is 2.47. The molecule has 2 fully saturated rings. The van der Waals surface area contributed by atoms with Crippen LogP contribution in [-0.2, 0) is 28.7 Å². The molecule has 0 bridgehead atoms. The molecule has 2 saturated heterocycles. The van der Waals surface area contributed by atoms with Gasteiger partial charge >= 0.3 is 17.9 Å². The molecule has 1 aromatic rings. The summed E-state index contributed by atoms with van der Waals surface area (Å²) in [5.41, 5.74) is -3.91. The molecule has 2 aliphatic rings. The number of carboxylic acid groups (broad SMARTS) is 3. The largest absolute Gasteiger partial charge is 0.480 e. The number of β-lactam (4-membered cyclic amide) rings is 1. The molecule has 2 aliphatic heterocycles. The molecule has 0 spiro atoms. The van der Waals surface area contributed by atoms with Crippen molar-refractivity contribution < 1.29 is 44.0 Å². The summed E-state index contributed by atoms with van der Waals surface area (Å²) < 4.78 is 5.25. The van der Waals surface area contributed by atoms with Crippen molar-refractivity contribution in [3.05, 3.63) is 35.9 Å². The van der Waals surface area contributed by atoms with E-state index in [1.807, 2.05) is 0 Å². The van der Waals surface area contributed by atoms with Gasteiger partial charge in [0.15, 0.2) is 11.3 Å². The zero-order valence-corrected chi connectivity index (χ0v) is 16.4. The molecule has 4 N–H and O–H groups in total. The fourth-order valence-electron chi connectivity index (χ4n) is 3.51. The number of hydrogen-bond acceptors (Lipinski definition) is 7. The third-order valence-corrected chi connectivity index (χ3v) is 6.79. The Morgan fingerprint density at radius 2 is 1.77 bits per heavy atom. The van der Waals surface area contributed by atoms with Gasteiger partial charge in [-0.05, 0) is 5.56 Å². The van der Waals surface area contributed by atoms with Crippen molar-refractivity contribution in [1.29, 1.82) is 0 Å². The first-order chi connectivity index (χ1) is 14.1. The Kier molecular flexibility index (Phi) is 5.48. The zero-order valence-electron chi connectivity index (χ0n) is 15.6. The van der Waals surface area contributed by atoms with Gasteiger partial charge < -0.3 is 30.3 Å². The lowest BCUT2D eigenvalue weighted by Crippen LogP contribution is -2.83. The quantitative estimate of drug-likeness (QED) is 0.244. The second-order valence-corrected chi connectivity index (χ2v) is 7.97. The van der Waals surface area contributed by atoms with Gasteiger partial charge in [0.05, 0.1) is 0 Å². The number of nitrogens with one attached hydrogen (secondary N) is 1. The number of amides is 2. The molecule has 2 amide bonds. The van der Waals surface area contributed by atoms with E-state index in [4.69, 9.17) is 4.74 Å². The summed E-state index contributed by atoms with van der Waals surface area (Å²) in [5, 5.41) is 29.7. The van der Waals surface area contributed by atoms with E-state index in [2.05, 4.69) is 5.32 Å². The van der Waals surface area contributed by atoms with E-state index in [9.17, 15) is 39.3 Å². The Morgan fingerprint density at radius 3 is 2.27 bits per heavy atom. The van der Waals surface area contributed by atoms with E-state index >= 15 is 0 Å². The lowest BCUT2D eigenvalue weighted by Gasteiger charge is -2.58. The summed E-state index contributed by atoms with van der Waals surface area (Å²) in [6.07, 6.45) is 0. The molecule has 3 atom stereocenters. The molecule has 0 radical (unpaired) electrons. The number of hydrogen-bond donors (Lipinski definition) is 4. The monoisotopic (exact) mass is 438 g/mol. The van der Waals surface area contributed by atoms with Gasteiger partial charge in [0.25, 0.3) is 11.6 Å². The Morgan fingerprint density at radius 1 is 1.17 bits per heavy atom. The minimum absolute atomic E-state index is 0.199. The standard InChI is InChI=1S/C18H18N2O9S/c1-29-18(19-11(21)10(12(22)23)9-5-3-2-4-6-9)13(24)20-7-17(15(25)26,16(27)28)8-30-14(18)20/h2-6,10,14H,7-8H2,1H3,(H,19,21)(H,22,23)(H,25,26)(H,27,28)/t10?,14-,18?/m1/s1. The third kappa shape index (κ3) is 3.08. The predicted molar refractivity (Wildman–Crippen MR) is 100 cm³/mol. The van der Waals surface area contributed by atoms with Gasteiger partial charge in [-0.25, -0.2) is 0 Å². The van der Waals surface area contributed by atoms with Crippen molar-refractivity contribution in [2.75, 3.05) is 19.4 Å². The van der Waals surface area contributed by atoms with E-state index in [-0.39, 0.29) is 11.3 Å². The molecule has 11 nitrogen and oxygen atoms in total. The number of methoxy groups -OCH3 is 1. The highest BCUT2D eigenvalue weighted by Gasteiger charge is 2.69. The Hall–Kier alpha value is -3.12. The number of rotatable bonds is 7. The van der Waals surface area contributed by atoms with Gasteiger partial charge in [-0.3, -0.25) is 24.0 Å². The van der Waals surface area contributed by atoms with Gasteiger partial charge in [-0.15, -0.1) is 11.8 Å². The van der Waals surface area contributed by atoms with Crippen molar-refractivity contribution in [3.8, 4) is 0 Å². The maximum absolute atomic E-state index is 12.8. The van der Waals surface area contributed by atoms with Crippen molar-refractivity contribution in [1.82, 2.24) is 10.2 Å². The molecule has 3 rings (SSSR count). The molecule has 2 heterocycles. The highest BCUT2D eigenvalue weighted by molar-refractivity contribution is 8.00. The fourth-order valence-corrected chi connectivity index (χ4v) is 5.13. The molecule has 0 aromatic heterocycles. The van der Waals surface area contributed by atoms with Crippen molar-refractivity contribution in [2.24, 2.45) is 5.41 Å². The highest BCUT2D eigenvalue weighted by atomic mass is 32.2. The number of thioether (sulfide) groups is 1. The van der Waals surface area contributed by atoms with Crippen LogP contribution in [0.1, 0.15) is 11.5 Å². The van der Waals surface area contributed by atoms with E-state index in [1.165, 1.54) is 12.1 Å². The van der Waals surface area contributed by atoms with Crippen LogP contribution in [0.5, 0.6) is 0 Å². The first-order valence-electron chi connectivity index (χ1n) is 8.65. The summed E-state index contributed by atoms with van der Waals surface area (Å²) in [6, 6.07) is 7.69. The first-order valence-corrected chi connectivity index (χ1v) is 9.70. The van der Waals surface area contributed by atoms with Gasteiger partial charge in [-0.2, -0.15) is 0 Å². The van der Waals surface area contributed by atoms with E-state index in [0.717, 1.165) is 23.8 Å². The number of benzene rings is 1. The second kappa shape index (κ2) is 7.61. The molecule has 12 heteroatoms. The number of carboxylic acids is 3. The third-order valence-electron chi connectivity index (χ3n) is 5.23. The average Bonchev–Trinajstić information content (AvgIpc) is 2.71. The van der Waals surface area contributed by atoms with Crippen LogP contribution in [0.2, 0.25) is 0 Å². The molecule has 1 aromatic carbocycles. The molecule has 160 valence electrons. The van der Waals surface area contributed by atoms with Gasteiger partial charge in [-0.1, -0.05) is 30.3 Å². The molecular formula is C18H18N2O9S. The Labute approximate surface area is 174 Å². The zero-order chi connectivity index (χ0) is 22.3. The van der Waals surface area contributed by atoms with E-state index in [0.29, 0.717) is 0 Å². The van der Waals surface area contributed by atoms with Crippen LogP contribution in [0.25, 0.3) is 0 Å². The van der Waals surface area contributed by atoms with Crippen molar-refractivity contribution in [3.63, 3.8) is 0 Å². The van der Waals surface area contributed by atoms with Crippen LogP contribution in [-0.4, -0.2) is 80.4 Å². The number of aliphatic carboxylic acids is 3. The van der Waals surface area contributed by atoms with Crippen LogP contribution in [0, 0.1) is 5.41 Å². The number of carbonyl (C=O) groups excluding carboxylic acids is 2. The van der Waals surface area contributed by atoms with Crippen LogP contribution < -0.4 is 5.32 Å². The van der Waals surface area contributed by atoms with Crippen LogP contribution in [0.15, 0.2) is 30.3 Å². The number of ether oxygens (including phenoxy) is 1. The molecule has 0 aliphatic carbocycles. The van der Waals surface area contributed by atoms with Gasteiger partial charge in [0, 0.05) is 19.4 Å². The lowest BCUT2D eigenvalue weighted by molar-refractivity contribution is -0.202. The normalized spacial score (nSPS) is 25.4. The summed E-state index contributed by atoms with van der Waals surface area (Å²) in [4.78, 5) is 61.3.